The summed E-state index contributed by atoms with van der Waals surface area (Å²) in [7, 11) is 0. The lowest BCUT2D eigenvalue weighted by Gasteiger charge is -2.33. The maximum absolute atomic E-state index is 12.6. The highest BCUT2D eigenvalue weighted by Crippen LogP contribution is 2.19. The Morgan fingerprint density at radius 3 is 2.52 bits per heavy atom. The van der Waals surface area contributed by atoms with E-state index in [9.17, 15) is 9.59 Å². The first-order valence-electron chi connectivity index (χ1n) is 11.9. The monoisotopic (exact) mass is 515 g/mol. The fourth-order valence-electron chi connectivity index (χ4n) is 4.01. The third-order valence-electron chi connectivity index (χ3n) is 6.17. The minimum atomic E-state index is -0.317. The van der Waals surface area contributed by atoms with E-state index in [1.807, 2.05) is 31.2 Å². The minimum absolute atomic E-state index is 0.110. The van der Waals surface area contributed by atoms with Crippen LogP contribution in [0.3, 0.4) is 0 Å². The zero-order chi connectivity index (χ0) is 24.1. The largest absolute Gasteiger partial charge is 0.335 e. The Morgan fingerprint density at radius 1 is 1.21 bits per heavy atom. The van der Waals surface area contributed by atoms with Crippen molar-refractivity contribution in [3.05, 3.63) is 70.3 Å². The number of carbonyl (C=O) groups is 2. The number of amides is 3. The zero-order valence-corrected chi connectivity index (χ0v) is 21.8. The third kappa shape index (κ3) is 9.68. The molecule has 1 aromatic carbocycles. The summed E-state index contributed by atoms with van der Waals surface area (Å²) in [6.45, 7) is 9.72. The lowest BCUT2D eigenvalue weighted by Crippen LogP contribution is -2.49. The van der Waals surface area contributed by atoms with Gasteiger partial charge in [0.05, 0.1) is 6.54 Å². The molecule has 0 radical (unpaired) electrons. The summed E-state index contributed by atoms with van der Waals surface area (Å²) in [5, 5.41) is 3.04. The average Bonchev–Trinajstić information content (AvgIpc) is 2.83. The van der Waals surface area contributed by atoms with Crippen molar-refractivity contribution in [1.29, 1.82) is 0 Å². The van der Waals surface area contributed by atoms with Gasteiger partial charge in [-0.2, -0.15) is 0 Å². The third-order valence-corrected chi connectivity index (χ3v) is 6.70. The number of nitrogens with one attached hydrogen (secondary N) is 1. The van der Waals surface area contributed by atoms with Crippen molar-refractivity contribution >= 4 is 28.4 Å². The summed E-state index contributed by atoms with van der Waals surface area (Å²) in [4.78, 5) is 27.8. The van der Waals surface area contributed by atoms with Crippen molar-refractivity contribution in [2.75, 3.05) is 19.6 Å². The average molecular weight is 517 g/mol. The molecule has 0 spiro atoms. The van der Waals surface area contributed by atoms with Gasteiger partial charge in [0.15, 0.2) is 0 Å². The SMILES string of the molecule is C/C=C\CC=C/C(=C\C)C(C)CCN1CCC(NC(=O)N(C=O)Cc2ccc(Br)cc2)CC1. The summed E-state index contributed by atoms with van der Waals surface area (Å²) in [5.74, 6) is 0.522. The van der Waals surface area contributed by atoms with Gasteiger partial charge in [-0.25, -0.2) is 4.79 Å². The molecule has 2 rings (SSSR count). The number of urea groups is 1. The van der Waals surface area contributed by atoms with Crippen LogP contribution >= 0.6 is 15.9 Å². The van der Waals surface area contributed by atoms with Crippen LogP contribution in [0.15, 0.2) is 64.7 Å². The fourth-order valence-corrected chi connectivity index (χ4v) is 4.27. The standard InChI is InChI=1S/C27H38BrN3O2/c1-4-6-7-8-9-24(5-2)22(3)14-17-30-18-15-26(16-19-30)29-27(33)31(21-32)20-23-10-12-25(28)13-11-23/h4-6,8-13,21-22,26H,7,14-20H2,1-3H3,(H,29,33)/b6-4-,9-8?,24-5+. The molecule has 33 heavy (non-hydrogen) atoms. The normalized spacial score (nSPS) is 16.9. The number of nitrogens with zero attached hydrogens (tertiary/aromatic N) is 2. The Bertz CT molecular complexity index is 824. The van der Waals surface area contributed by atoms with Gasteiger partial charge >= 0.3 is 6.03 Å². The summed E-state index contributed by atoms with van der Waals surface area (Å²) in [5.41, 5.74) is 2.31. The van der Waals surface area contributed by atoms with Crippen LogP contribution in [0.1, 0.15) is 52.0 Å². The van der Waals surface area contributed by atoms with Crippen molar-refractivity contribution in [2.24, 2.45) is 5.92 Å². The molecule has 1 N–H and O–H groups in total. The molecular formula is C27H38BrN3O2. The molecule has 1 aliphatic heterocycles. The summed E-state index contributed by atoms with van der Waals surface area (Å²) in [6, 6.07) is 7.43. The first kappa shape index (κ1) is 27.1. The molecular weight excluding hydrogens is 478 g/mol. The van der Waals surface area contributed by atoms with E-state index >= 15 is 0 Å². The number of carbonyl (C=O) groups excluding carboxylic acids is 2. The Labute approximate surface area is 207 Å². The van der Waals surface area contributed by atoms with Crippen molar-refractivity contribution in [2.45, 2.75) is 59.0 Å². The quantitative estimate of drug-likeness (QED) is 0.221. The maximum atomic E-state index is 12.6. The van der Waals surface area contributed by atoms with Crippen LogP contribution in [0.2, 0.25) is 0 Å². The van der Waals surface area contributed by atoms with Gasteiger partial charge in [-0.3, -0.25) is 9.69 Å². The van der Waals surface area contributed by atoms with Gasteiger partial charge in [-0.1, -0.05) is 65.4 Å². The number of allylic oxidation sites excluding steroid dienone is 6. The van der Waals surface area contributed by atoms with E-state index < -0.39 is 0 Å². The summed E-state index contributed by atoms with van der Waals surface area (Å²) in [6.07, 6.45) is 15.4. The number of rotatable bonds is 11. The minimum Gasteiger partial charge on any atom is -0.335 e. The van der Waals surface area contributed by atoms with Gasteiger partial charge in [0.1, 0.15) is 0 Å². The van der Waals surface area contributed by atoms with E-state index in [2.05, 4.69) is 70.4 Å². The van der Waals surface area contributed by atoms with Crippen LogP contribution in [0.4, 0.5) is 4.79 Å². The Kier molecular flexibility index (Phi) is 12.2. The molecule has 0 aliphatic carbocycles. The smallest absolute Gasteiger partial charge is 0.324 e. The Balaban J connectivity index is 1.73. The molecule has 1 aliphatic rings. The molecule has 0 aromatic heterocycles. The van der Waals surface area contributed by atoms with Crippen LogP contribution in [0.25, 0.3) is 0 Å². The van der Waals surface area contributed by atoms with Crippen LogP contribution in [-0.4, -0.2) is 47.9 Å². The topological polar surface area (TPSA) is 52.7 Å². The first-order valence-corrected chi connectivity index (χ1v) is 12.7. The zero-order valence-electron chi connectivity index (χ0n) is 20.2. The van der Waals surface area contributed by atoms with E-state index in [-0.39, 0.29) is 18.6 Å². The van der Waals surface area contributed by atoms with Gasteiger partial charge < -0.3 is 10.2 Å². The first-order chi connectivity index (χ1) is 16.0. The summed E-state index contributed by atoms with van der Waals surface area (Å²) >= 11 is 3.40. The second-order valence-electron chi connectivity index (χ2n) is 8.61. The predicted molar refractivity (Wildman–Crippen MR) is 140 cm³/mol. The van der Waals surface area contributed by atoms with E-state index in [1.165, 1.54) is 10.5 Å². The fraction of sp³-hybridized carbons (Fsp3) is 0.481. The second-order valence-corrected chi connectivity index (χ2v) is 9.53. The number of imide groups is 1. The van der Waals surface area contributed by atoms with Gasteiger partial charge in [0.25, 0.3) is 0 Å². The Hall–Kier alpha value is -2.18. The van der Waals surface area contributed by atoms with Crippen LogP contribution in [0, 0.1) is 5.92 Å². The number of halogens is 1. The molecule has 1 atom stereocenters. The number of piperidine rings is 1. The molecule has 1 saturated heterocycles. The molecule has 1 fully saturated rings. The van der Waals surface area contributed by atoms with Crippen molar-refractivity contribution in [3.63, 3.8) is 0 Å². The highest BCUT2D eigenvalue weighted by molar-refractivity contribution is 9.10. The van der Waals surface area contributed by atoms with Crippen LogP contribution < -0.4 is 5.32 Å². The number of benzene rings is 1. The molecule has 0 saturated carbocycles. The van der Waals surface area contributed by atoms with E-state index in [0.29, 0.717) is 12.3 Å². The number of likely N-dealkylation sites (tertiary alicyclic amines) is 1. The van der Waals surface area contributed by atoms with Crippen LogP contribution in [-0.2, 0) is 11.3 Å². The van der Waals surface area contributed by atoms with Crippen molar-refractivity contribution in [1.82, 2.24) is 15.1 Å². The molecule has 1 aromatic rings. The van der Waals surface area contributed by atoms with E-state index in [4.69, 9.17) is 0 Å². The molecule has 0 bridgehead atoms. The van der Waals surface area contributed by atoms with E-state index in [0.717, 1.165) is 55.4 Å². The molecule has 180 valence electrons. The lowest BCUT2D eigenvalue weighted by atomic mass is 9.95. The highest BCUT2D eigenvalue weighted by Gasteiger charge is 2.23. The molecule has 5 nitrogen and oxygen atoms in total. The summed E-state index contributed by atoms with van der Waals surface area (Å²) < 4.78 is 0.970. The Morgan fingerprint density at radius 2 is 1.91 bits per heavy atom. The highest BCUT2D eigenvalue weighted by atomic mass is 79.9. The second kappa shape index (κ2) is 14.9. The maximum Gasteiger partial charge on any atom is 0.324 e. The van der Waals surface area contributed by atoms with Crippen LogP contribution in [0.5, 0.6) is 0 Å². The number of hydrogen-bond acceptors (Lipinski definition) is 3. The van der Waals surface area contributed by atoms with Gasteiger partial charge in [0, 0.05) is 23.6 Å². The van der Waals surface area contributed by atoms with Crippen molar-refractivity contribution in [3.8, 4) is 0 Å². The molecule has 1 unspecified atom stereocenters. The van der Waals surface area contributed by atoms with E-state index in [1.54, 1.807) is 0 Å². The van der Waals surface area contributed by atoms with Gasteiger partial charge in [-0.15, -0.1) is 0 Å². The van der Waals surface area contributed by atoms with Gasteiger partial charge in [-0.05, 0) is 75.3 Å². The number of hydrogen-bond donors (Lipinski definition) is 1. The molecule has 6 heteroatoms. The van der Waals surface area contributed by atoms with Gasteiger partial charge in [0.2, 0.25) is 6.41 Å². The molecule has 3 amide bonds. The van der Waals surface area contributed by atoms with Crippen molar-refractivity contribution < 1.29 is 9.59 Å². The predicted octanol–water partition coefficient (Wildman–Crippen LogP) is 6.08. The lowest BCUT2D eigenvalue weighted by molar-refractivity contribution is -0.116. The molecule has 1 heterocycles.